The van der Waals surface area contributed by atoms with Crippen molar-refractivity contribution in [3.8, 4) is 5.75 Å². The molecule has 3 heteroatoms. The maximum absolute atomic E-state index is 6.06. The van der Waals surface area contributed by atoms with Gasteiger partial charge >= 0.3 is 0 Å². The van der Waals surface area contributed by atoms with E-state index in [4.69, 9.17) is 4.74 Å². The molecule has 0 unspecified atom stereocenters. The number of ether oxygens (including phenoxy) is 1. The van der Waals surface area contributed by atoms with Crippen molar-refractivity contribution < 1.29 is 4.74 Å². The molecule has 3 aromatic rings. The fraction of sp³-hybridized carbons (Fsp3) is 0.182. The molecule has 0 fully saturated rings. The molecule has 3 aromatic carbocycles. The summed E-state index contributed by atoms with van der Waals surface area (Å²) in [4.78, 5) is 0. The molecule has 0 aromatic heterocycles. The van der Waals surface area contributed by atoms with Gasteiger partial charge in [-0.2, -0.15) is 0 Å². The number of hydrogen-bond donors (Lipinski definition) is 1. The fourth-order valence-corrected chi connectivity index (χ4v) is 3.09. The molecule has 0 aliphatic rings. The predicted molar refractivity (Wildman–Crippen MR) is 107 cm³/mol. The smallest absolute Gasteiger partial charge is 0.124 e. The lowest BCUT2D eigenvalue weighted by atomic mass is 10.1. The monoisotopic (exact) mass is 395 g/mol. The van der Waals surface area contributed by atoms with Crippen LogP contribution in [0.1, 0.15) is 29.7 Å². The highest BCUT2D eigenvalue weighted by Gasteiger charge is 2.09. The molecule has 1 N–H and O–H groups in total. The van der Waals surface area contributed by atoms with Crippen LogP contribution in [-0.4, -0.2) is 0 Å². The molecule has 0 aliphatic heterocycles. The van der Waals surface area contributed by atoms with Gasteiger partial charge in [-0.1, -0.05) is 76.6 Å². The van der Waals surface area contributed by atoms with E-state index in [1.54, 1.807) is 0 Å². The van der Waals surface area contributed by atoms with E-state index in [2.05, 4.69) is 70.6 Å². The molecule has 3 rings (SSSR count). The molecule has 128 valence electrons. The first-order chi connectivity index (χ1) is 12.2. The lowest BCUT2D eigenvalue weighted by molar-refractivity contribution is 0.301. The summed E-state index contributed by atoms with van der Waals surface area (Å²) in [5.74, 6) is 0.916. The summed E-state index contributed by atoms with van der Waals surface area (Å²) in [6, 6.07) is 27.1. The molecule has 0 radical (unpaired) electrons. The third-order valence-electron chi connectivity index (χ3n) is 4.16. The topological polar surface area (TPSA) is 21.3 Å². The molecule has 0 aliphatic carbocycles. The van der Waals surface area contributed by atoms with Crippen molar-refractivity contribution in [2.24, 2.45) is 0 Å². The summed E-state index contributed by atoms with van der Waals surface area (Å²) >= 11 is 3.56. The van der Waals surface area contributed by atoms with Crippen LogP contribution in [0.3, 0.4) is 0 Å². The minimum Gasteiger partial charge on any atom is -0.489 e. The lowest BCUT2D eigenvalue weighted by Gasteiger charge is -2.17. The van der Waals surface area contributed by atoms with Gasteiger partial charge in [0.15, 0.2) is 0 Å². The van der Waals surface area contributed by atoms with Crippen molar-refractivity contribution in [3.05, 3.63) is 100 Å². The largest absolute Gasteiger partial charge is 0.489 e. The van der Waals surface area contributed by atoms with Crippen molar-refractivity contribution in [2.75, 3.05) is 0 Å². The van der Waals surface area contributed by atoms with E-state index >= 15 is 0 Å². The van der Waals surface area contributed by atoms with Crippen LogP contribution in [-0.2, 0) is 13.2 Å². The van der Waals surface area contributed by atoms with Crippen molar-refractivity contribution in [2.45, 2.75) is 26.1 Å². The molecular weight excluding hydrogens is 374 g/mol. The Morgan fingerprint density at radius 1 is 0.920 bits per heavy atom. The Labute approximate surface area is 158 Å². The van der Waals surface area contributed by atoms with Crippen LogP contribution < -0.4 is 10.1 Å². The van der Waals surface area contributed by atoms with Gasteiger partial charge < -0.3 is 10.1 Å². The molecule has 0 spiro atoms. The van der Waals surface area contributed by atoms with Gasteiger partial charge in [0.2, 0.25) is 0 Å². The Hall–Kier alpha value is -2.10. The minimum atomic E-state index is 0.280. The highest BCUT2D eigenvalue weighted by molar-refractivity contribution is 9.10. The first-order valence-corrected chi connectivity index (χ1v) is 9.25. The number of halogens is 1. The maximum atomic E-state index is 6.06. The SMILES string of the molecule is C[C@@H](NCc1cc(Br)ccc1OCc1ccccc1)c1ccccc1. The second-order valence-electron chi connectivity index (χ2n) is 6.04. The van der Waals surface area contributed by atoms with Crippen LogP contribution in [0.2, 0.25) is 0 Å². The van der Waals surface area contributed by atoms with Gasteiger partial charge in [-0.25, -0.2) is 0 Å². The predicted octanol–water partition coefficient (Wildman–Crippen LogP) is 5.88. The minimum absolute atomic E-state index is 0.280. The molecule has 0 saturated heterocycles. The molecule has 1 atom stereocenters. The molecule has 0 bridgehead atoms. The summed E-state index contributed by atoms with van der Waals surface area (Å²) < 4.78 is 7.11. The first-order valence-electron chi connectivity index (χ1n) is 8.46. The molecule has 0 amide bonds. The average molecular weight is 396 g/mol. The van der Waals surface area contributed by atoms with Gasteiger partial charge in [0.25, 0.3) is 0 Å². The van der Waals surface area contributed by atoms with Crippen LogP contribution in [0.4, 0.5) is 0 Å². The Bertz CT molecular complexity index is 790. The van der Waals surface area contributed by atoms with Crippen molar-refractivity contribution in [1.29, 1.82) is 0 Å². The van der Waals surface area contributed by atoms with Gasteiger partial charge in [-0.15, -0.1) is 0 Å². The van der Waals surface area contributed by atoms with Gasteiger partial charge in [0, 0.05) is 22.6 Å². The van der Waals surface area contributed by atoms with Gasteiger partial charge in [-0.3, -0.25) is 0 Å². The standard InChI is InChI=1S/C22H22BrNO/c1-17(19-10-6-3-7-11-19)24-15-20-14-21(23)12-13-22(20)25-16-18-8-4-2-5-9-18/h2-14,17,24H,15-16H2,1H3/t17-/m1/s1. The average Bonchev–Trinajstić information content (AvgIpc) is 2.67. The highest BCUT2D eigenvalue weighted by atomic mass is 79.9. The van der Waals surface area contributed by atoms with E-state index in [1.165, 1.54) is 11.1 Å². The van der Waals surface area contributed by atoms with Crippen molar-refractivity contribution >= 4 is 15.9 Å². The Balaban J connectivity index is 1.66. The lowest BCUT2D eigenvalue weighted by Crippen LogP contribution is -2.18. The fourth-order valence-electron chi connectivity index (χ4n) is 2.68. The maximum Gasteiger partial charge on any atom is 0.124 e. The normalized spacial score (nSPS) is 11.9. The molecule has 0 heterocycles. The van der Waals surface area contributed by atoms with Crippen LogP contribution in [0.15, 0.2) is 83.3 Å². The Kier molecular flexibility index (Phi) is 6.26. The Morgan fingerprint density at radius 3 is 2.32 bits per heavy atom. The zero-order chi connectivity index (χ0) is 17.5. The van der Waals surface area contributed by atoms with E-state index in [1.807, 2.05) is 36.4 Å². The molecule has 0 saturated carbocycles. The second-order valence-corrected chi connectivity index (χ2v) is 6.96. The second kappa shape index (κ2) is 8.84. The van der Waals surface area contributed by atoms with Crippen LogP contribution in [0, 0.1) is 0 Å². The zero-order valence-electron chi connectivity index (χ0n) is 14.3. The summed E-state index contributed by atoms with van der Waals surface area (Å²) in [6.07, 6.45) is 0. The van der Waals surface area contributed by atoms with E-state index < -0.39 is 0 Å². The number of nitrogens with one attached hydrogen (secondary N) is 1. The van der Waals surface area contributed by atoms with E-state index in [0.29, 0.717) is 6.61 Å². The summed E-state index contributed by atoms with van der Waals surface area (Å²) in [7, 11) is 0. The third-order valence-corrected chi connectivity index (χ3v) is 4.65. The number of hydrogen-bond acceptors (Lipinski definition) is 2. The Morgan fingerprint density at radius 2 is 1.60 bits per heavy atom. The van der Waals surface area contributed by atoms with Crippen molar-refractivity contribution in [1.82, 2.24) is 5.32 Å². The third kappa shape index (κ3) is 5.18. The van der Waals surface area contributed by atoms with Gasteiger partial charge in [0.05, 0.1) is 0 Å². The summed E-state index contributed by atoms with van der Waals surface area (Å²) in [6.45, 7) is 3.50. The van der Waals surface area contributed by atoms with E-state index in [9.17, 15) is 0 Å². The first kappa shape index (κ1) is 17.7. The van der Waals surface area contributed by atoms with Crippen LogP contribution in [0.25, 0.3) is 0 Å². The quantitative estimate of drug-likeness (QED) is 0.539. The molecular formula is C22H22BrNO. The van der Waals surface area contributed by atoms with Crippen molar-refractivity contribution in [3.63, 3.8) is 0 Å². The summed E-state index contributed by atoms with van der Waals surface area (Å²) in [5, 5.41) is 3.58. The highest BCUT2D eigenvalue weighted by Crippen LogP contribution is 2.25. The van der Waals surface area contributed by atoms with E-state index in [-0.39, 0.29) is 6.04 Å². The zero-order valence-corrected chi connectivity index (χ0v) is 15.9. The number of benzene rings is 3. The summed E-state index contributed by atoms with van der Waals surface area (Å²) in [5.41, 5.74) is 3.60. The van der Waals surface area contributed by atoms with E-state index in [0.717, 1.165) is 22.3 Å². The van der Waals surface area contributed by atoms with Gasteiger partial charge in [-0.05, 0) is 36.2 Å². The van der Waals surface area contributed by atoms with Crippen LogP contribution in [0.5, 0.6) is 5.75 Å². The number of rotatable bonds is 7. The van der Waals surface area contributed by atoms with Crippen LogP contribution >= 0.6 is 15.9 Å². The van der Waals surface area contributed by atoms with Gasteiger partial charge in [0.1, 0.15) is 12.4 Å². The molecule has 25 heavy (non-hydrogen) atoms. The molecule has 2 nitrogen and oxygen atoms in total.